The molecule has 3 atom stereocenters. The topological polar surface area (TPSA) is 84.9 Å². The van der Waals surface area contributed by atoms with Crippen LogP contribution in [0.15, 0.2) is 0 Å². The first-order valence-electron chi connectivity index (χ1n) is 7.04. The molecule has 0 unspecified atom stereocenters. The van der Waals surface area contributed by atoms with Gasteiger partial charge in [0.15, 0.2) is 6.10 Å². The zero-order valence-electron chi connectivity index (χ0n) is 13.2. The van der Waals surface area contributed by atoms with Gasteiger partial charge in [0.05, 0.1) is 5.60 Å². The number of ether oxygens (including phenoxy) is 1. The van der Waals surface area contributed by atoms with Crippen molar-refractivity contribution in [1.29, 1.82) is 0 Å². The van der Waals surface area contributed by atoms with Crippen molar-refractivity contribution < 1.29 is 44.4 Å². The van der Waals surface area contributed by atoms with Gasteiger partial charge >= 0.3 is 15.6 Å². The minimum atomic E-state index is -6.21. The predicted molar refractivity (Wildman–Crippen MR) is 72.4 cm³/mol. The quantitative estimate of drug-likeness (QED) is 0.326. The minimum Gasteiger partial charge on any atom is -0.356 e. The summed E-state index contributed by atoms with van der Waals surface area (Å²) in [6.45, 7) is 4.65. The zero-order valence-corrected chi connectivity index (χ0v) is 14.0. The Morgan fingerprint density at radius 1 is 1.25 bits per heavy atom. The lowest BCUT2D eigenvalue weighted by molar-refractivity contribution is -0.202. The first-order valence-corrected chi connectivity index (χ1v) is 8.45. The molecule has 0 amide bonds. The third-order valence-electron chi connectivity index (χ3n) is 3.14. The van der Waals surface area contributed by atoms with Crippen molar-refractivity contribution in [3.8, 4) is 0 Å². The molecule has 12 heteroatoms. The fourth-order valence-corrected chi connectivity index (χ4v) is 2.85. The molecule has 1 fully saturated rings. The number of aliphatic hydroxyl groups is 1. The van der Waals surface area contributed by atoms with Crippen molar-refractivity contribution in [1.82, 2.24) is 5.32 Å². The van der Waals surface area contributed by atoms with Crippen LogP contribution in [-0.4, -0.2) is 49.1 Å². The SMILES string of the molecule is CC(C)(C)O[C@H](O)N[C@@H]1CCCC(F)(F)[C@H]1OS(=O)(=O)C(F)(F)F. The molecular formula is C12H20F5NO5S. The Bertz CT molecular complexity index is 531. The average molecular weight is 385 g/mol. The van der Waals surface area contributed by atoms with E-state index in [-0.39, 0.29) is 12.8 Å². The number of rotatable bonds is 5. The van der Waals surface area contributed by atoms with Gasteiger partial charge in [-0.05, 0) is 33.6 Å². The predicted octanol–water partition coefficient (Wildman–Crippen LogP) is 2.09. The van der Waals surface area contributed by atoms with E-state index >= 15 is 0 Å². The van der Waals surface area contributed by atoms with E-state index in [1.807, 2.05) is 0 Å². The summed E-state index contributed by atoms with van der Waals surface area (Å²) >= 11 is 0. The third-order valence-corrected chi connectivity index (χ3v) is 4.17. The Morgan fingerprint density at radius 3 is 2.25 bits per heavy atom. The Kier molecular flexibility index (Phi) is 6.25. The van der Waals surface area contributed by atoms with Crippen LogP contribution < -0.4 is 5.32 Å². The average Bonchev–Trinajstić information content (AvgIpc) is 2.29. The summed E-state index contributed by atoms with van der Waals surface area (Å²) in [5, 5.41) is 11.8. The smallest absolute Gasteiger partial charge is 0.356 e. The van der Waals surface area contributed by atoms with Crippen LogP contribution >= 0.6 is 0 Å². The van der Waals surface area contributed by atoms with Gasteiger partial charge in [-0.1, -0.05) is 0 Å². The van der Waals surface area contributed by atoms with E-state index in [2.05, 4.69) is 9.50 Å². The molecule has 0 saturated heterocycles. The molecule has 0 aromatic rings. The Balaban J connectivity index is 2.97. The molecule has 2 N–H and O–H groups in total. The van der Waals surface area contributed by atoms with Crippen LogP contribution in [0, 0.1) is 0 Å². The van der Waals surface area contributed by atoms with E-state index in [0.29, 0.717) is 0 Å². The second-order valence-corrected chi connectivity index (χ2v) is 7.99. The van der Waals surface area contributed by atoms with Crippen molar-refractivity contribution in [2.45, 2.75) is 75.6 Å². The molecule has 1 saturated carbocycles. The molecule has 144 valence electrons. The summed E-state index contributed by atoms with van der Waals surface area (Å²) in [4.78, 5) is 0. The second kappa shape index (κ2) is 6.98. The lowest BCUT2D eigenvalue weighted by Gasteiger charge is -2.39. The fraction of sp³-hybridized carbons (Fsp3) is 1.00. The van der Waals surface area contributed by atoms with Crippen molar-refractivity contribution >= 4 is 10.1 Å². The second-order valence-electron chi connectivity index (χ2n) is 6.43. The van der Waals surface area contributed by atoms with E-state index in [1.165, 1.54) is 0 Å². The molecule has 1 aliphatic rings. The highest BCUT2D eigenvalue weighted by atomic mass is 32.2. The van der Waals surface area contributed by atoms with Gasteiger partial charge in [-0.25, -0.2) is 8.78 Å². The molecular weight excluding hydrogens is 365 g/mol. The minimum absolute atomic E-state index is 0.0984. The first kappa shape index (κ1) is 21.5. The summed E-state index contributed by atoms with van der Waals surface area (Å²) in [6.07, 6.45) is -5.46. The van der Waals surface area contributed by atoms with E-state index in [0.717, 1.165) is 0 Å². The first-order chi connectivity index (χ1) is 10.6. The molecule has 0 aromatic heterocycles. The van der Waals surface area contributed by atoms with Gasteiger partial charge in [0.1, 0.15) is 0 Å². The third kappa shape index (κ3) is 5.76. The van der Waals surface area contributed by atoms with E-state index in [1.54, 1.807) is 20.8 Å². The van der Waals surface area contributed by atoms with E-state index in [9.17, 15) is 35.5 Å². The number of aliphatic hydroxyl groups excluding tert-OH is 1. The van der Waals surface area contributed by atoms with Gasteiger partial charge in [0.2, 0.25) is 6.41 Å². The Labute approximate surface area is 136 Å². The van der Waals surface area contributed by atoms with E-state index in [4.69, 9.17) is 4.74 Å². The van der Waals surface area contributed by atoms with Crippen LogP contribution in [-0.2, 0) is 19.0 Å². The van der Waals surface area contributed by atoms with Crippen LogP contribution in [0.1, 0.15) is 40.0 Å². The van der Waals surface area contributed by atoms with Crippen molar-refractivity contribution in [3.05, 3.63) is 0 Å². The summed E-state index contributed by atoms with van der Waals surface area (Å²) in [6, 6.07) is -1.55. The van der Waals surface area contributed by atoms with Crippen molar-refractivity contribution in [2.24, 2.45) is 0 Å². The summed E-state index contributed by atoms with van der Waals surface area (Å²) in [5.74, 6) is -3.82. The lowest BCUT2D eigenvalue weighted by atomic mass is 9.89. The molecule has 0 radical (unpaired) electrons. The number of nitrogens with one attached hydrogen (secondary N) is 1. The molecule has 1 aliphatic carbocycles. The molecule has 0 spiro atoms. The summed E-state index contributed by atoms with van der Waals surface area (Å²) in [5.41, 5.74) is -6.70. The van der Waals surface area contributed by atoms with Crippen LogP contribution in [0.25, 0.3) is 0 Å². The molecule has 6 nitrogen and oxygen atoms in total. The largest absolute Gasteiger partial charge is 0.523 e. The standard InChI is InChI=1S/C12H20F5NO5S/c1-10(2,3)22-9(19)18-7-5-4-6-11(13,14)8(7)23-24(20,21)12(15,16)17/h7-9,18-19H,4-6H2,1-3H3/t7-,8+,9+/m1/s1. The molecule has 0 aliphatic heterocycles. The Hall–Kier alpha value is -0.560. The van der Waals surface area contributed by atoms with Crippen molar-refractivity contribution in [3.63, 3.8) is 0 Å². The summed E-state index contributed by atoms with van der Waals surface area (Å²) < 4.78 is 95.9. The van der Waals surface area contributed by atoms with Gasteiger partial charge in [0, 0.05) is 12.5 Å². The Morgan fingerprint density at radius 2 is 1.79 bits per heavy atom. The van der Waals surface area contributed by atoms with Crippen LogP contribution in [0.4, 0.5) is 22.0 Å². The fourth-order valence-electron chi connectivity index (χ4n) is 2.20. The zero-order chi connectivity index (χ0) is 19.0. The highest BCUT2D eigenvalue weighted by Gasteiger charge is 2.56. The van der Waals surface area contributed by atoms with Gasteiger partial charge in [-0.2, -0.15) is 21.6 Å². The maximum atomic E-state index is 13.9. The number of hydrogen-bond acceptors (Lipinski definition) is 6. The normalized spacial score (nSPS) is 27.0. The van der Waals surface area contributed by atoms with Gasteiger partial charge in [-0.3, -0.25) is 9.50 Å². The van der Waals surface area contributed by atoms with Crippen LogP contribution in [0.3, 0.4) is 0 Å². The van der Waals surface area contributed by atoms with Gasteiger partial charge in [0.25, 0.3) is 5.92 Å². The van der Waals surface area contributed by atoms with Crippen molar-refractivity contribution in [2.75, 3.05) is 0 Å². The van der Waals surface area contributed by atoms with E-state index < -0.39 is 52.1 Å². The molecule has 1 rings (SSSR count). The number of hydrogen-bond donors (Lipinski definition) is 2. The summed E-state index contributed by atoms with van der Waals surface area (Å²) in [7, 11) is -6.21. The maximum Gasteiger partial charge on any atom is 0.523 e. The molecule has 0 heterocycles. The van der Waals surface area contributed by atoms with Gasteiger partial charge in [-0.15, -0.1) is 0 Å². The highest BCUT2D eigenvalue weighted by molar-refractivity contribution is 7.87. The number of halogens is 5. The molecule has 0 bridgehead atoms. The van der Waals surface area contributed by atoms with Gasteiger partial charge < -0.3 is 9.84 Å². The molecule has 0 aromatic carbocycles. The molecule has 24 heavy (non-hydrogen) atoms. The van der Waals surface area contributed by atoms with Crippen LogP contribution in [0.5, 0.6) is 0 Å². The monoisotopic (exact) mass is 385 g/mol. The highest BCUT2D eigenvalue weighted by Crippen LogP contribution is 2.39. The number of alkyl halides is 5. The lowest BCUT2D eigenvalue weighted by Crippen LogP contribution is -2.58. The maximum absolute atomic E-state index is 13.9. The van der Waals surface area contributed by atoms with Crippen LogP contribution in [0.2, 0.25) is 0 Å².